The van der Waals surface area contributed by atoms with Crippen LogP contribution in [-0.2, 0) is 9.53 Å². The van der Waals surface area contributed by atoms with Gasteiger partial charge in [0.2, 0.25) is 0 Å². The van der Waals surface area contributed by atoms with Crippen molar-refractivity contribution in [2.24, 2.45) is 5.92 Å². The highest BCUT2D eigenvalue weighted by molar-refractivity contribution is 5.84. The first kappa shape index (κ1) is 23.0. The van der Waals surface area contributed by atoms with Crippen LogP contribution in [0, 0.1) is 5.92 Å². The Kier molecular flexibility index (Phi) is 9.40. The van der Waals surface area contributed by atoms with Gasteiger partial charge in [0.15, 0.2) is 0 Å². The van der Waals surface area contributed by atoms with Crippen LogP contribution in [0.2, 0.25) is 0 Å². The number of carbonyl (C=O) groups excluding carboxylic acids is 1. The van der Waals surface area contributed by atoms with Gasteiger partial charge in [-0.3, -0.25) is 5.32 Å². The van der Waals surface area contributed by atoms with Crippen molar-refractivity contribution >= 4 is 17.7 Å². The van der Waals surface area contributed by atoms with Gasteiger partial charge in [0.1, 0.15) is 18.5 Å². The zero-order valence-corrected chi connectivity index (χ0v) is 16.9. The number of ether oxygens (including phenoxy) is 2. The van der Waals surface area contributed by atoms with E-state index in [-0.39, 0.29) is 19.1 Å². The Morgan fingerprint density at radius 3 is 2.60 bits per heavy atom. The number of hydrogen-bond donors (Lipinski definition) is 3. The number of aliphatic carboxylic acids is 1. The number of para-hydroxylation sites is 1. The second-order valence-electron chi connectivity index (χ2n) is 6.76. The lowest BCUT2D eigenvalue weighted by Gasteiger charge is -2.25. The van der Waals surface area contributed by atoms with E-state index in [9.17, 15) is 9.59 Å². The van der Waals surface area contributed by atoms with Crippen molar-refractivity contribution in [2.45, 2.75) is 25.9 Å². The van der Waals surface area contributed by atoms with Crippen LogP contribution in [0.5, 0.6) is 5.75 Å². The molecule has 0 unspecified atom stereocenters. The minimum absolute atomic E-state index is 0.0851. The van der Waals surface area contributed by atoms with Gasteiger partial charge < -0.3 is 19.7 Å². The molecule has 0 bridgehead atoms. The van der Waals surface area contributed by atoms with Gasteiger partial charge in [-0.25, -0.2) is 9.59 Å². The molecule has 7 heteroatoms. The zero-order chi connectivity index (χ0) is 21.8. The molecule has 0 saturated heterocycles. The fraction of sp³-hybridized carbons (Fsp3) is 0.304. The molecule has 0 saturated carbocycles. The van der Waals surface area contributed by atoms with Crippen molar-refractivity contribution in [1.82, 2.24) is 0 Å². The predicted molar refractivity (Wildman–Crippen MR) is 113 cm³/mol. The van der Waals surface area contributed by atoms with Gasteiger partial charge in [-0.1, -0.05) is 43.3 Å². The largest absolute Gasteiger partial charge is 0.491 e. The Balaban J connectivity index is 2.14. The molecule has 2 atom stereocenters. The van der Waals surface area contributed by atoms with Crippen LogP contribution in [0.4, 0.5) is 10.5 Å². The highest BCUT2D eigenvalue weighted by Gasteiger charge is 2.24. The van der Waals surface area contributed by atoms with Crippen LogP contribution in [0.1, 0.15) is 31.4 Å². The lowest BCUT2D eigenvalue weighted by atomic mass is 9.93. The number of aliphatic hydroxyl groups is 1. The van der Waals surface area contributed by atoms with E-state index in [4.69, 9.17) is 19.7 Å². The summed E-state index contributed by atoms with van der Waals surface area (Å²) in [5, 5.41) is 20.4. The fourth-order valence-corrected chi connectivity index (χ4v) is 2.94. The molecular formula is C23H27NO6. The molecule has 2 aromatic carbocycles. The number of benzene rings is 2. The van der Waals surface area contributed by atoms with E-state index >= 15 is 0 Å². The minimum Gasteiger partial charge on any atom is -0.491 e. The van der Waals surface area contributed by atoms with Gasteiger partial charge in [0.05, 0.1) is 6.61 Å². The average molecular weight is 413 g/mol. The zero-order valence-electron chi connectivity index (χ0n) is 16.9. The molecule has 7 nitrogen and oxygen atoms in total. The van der Waals surface area contributed by atoms with Crippen LogP contribution in [0.15, 0.2) is 66.7 Å². The third-order valence-corrected chi connectivity index (χ3v) is 4.37. The summed E-state index contributed by atoms with van der Waals surface area (Å²) in [6.07, 6.45) is 2.70. The maximum absolute atomic E-state index is 12.5. The molecule has 2 aromatic rings. The minimum atomic E-state index is -0.994. The fourth-order valence-electron chi connectivity index (χ4n) is 2.94. The lowest BCUT2D eigenvalue weighted by Crippen LogP contribution is -2.22. The van der Waals surface area contributed by atoms with E-state index in [0.29, 0.717) is 24.3 Å². The Bertz CT molecular complexity index is 837. The highest BCUT2D eigenvalue weighted by Crippen LogP contribution is 2.32. The van der Waals surface area contributed by atoms with Gasteiger partial charge in [-0.15, -0.1) is 0 Å². The Hall–Kier alpha value is -3.32. The molecule has 0 radical (unpaired) electrons. The molecule has 3 N–H and O–H groups in total. The standard InChI is InChI=1S/C23H27NO6/c1-17(8-5-6-13-21(26)27)22(18-9-7-12-20(16-18)29-15-14-25)30-23(28)24-19-10-3-2-4-11-19/h2-4,6-7,9-13,16-17,22,25H,5,8,14-15H2,1H3,(H,24,28)(H,26,27)/b13-6+/t17-,22-/m1/s1. The summed E-state index contributed by atoms with van der Waals surface area (Å²) in [7, 11) is 0. The molecule has 160 valence electrons. The molecular weight excluding hydrogens is 386 g/mol. The van der Waals surface area contributed by atoms with E-state index in [1.165, 1.54) is 0 Å². The summed E-state index contributed by atoms with van der Waals surface area (Å²) < 4.78 is 11.2. The maximum Gasteiger partial charge on any atom is 0.412 e. The third-order valence-electron chi connectivity index (χ3n) is 4.37. The van der Waals surface area contributed by atoms with Gasteiger partial charge >= 0.3 is 12.1 Å². The van der Waals surface area contributed by atoms with Crippen LogP contribution in [0.3, 0.4) is 0 Å². The van der Waals surface area contributed by atoms with Crippen LogP contribution in [-0.4, -0.2) is 35.5 Å². The van der Waals surface area contributed by atoms with E-state index < -0.39 is 18.2 Å². The number of carbonyl (C=O) groups is 2. The van der Waals surface area contributed by atoms with Crippen molar-refractivity contribution in [3.05, 3.63) is 72.3 Å². The summed E-state index contributed by atoms with van der Waals surface area (Å²) in [6, 6.07) is 16.2. The third kappa shape index (κ3) is 7.97. The molecule has 0 aliphatic rings. The summed E-state index contributed by atoms with van der Waals surface area (Å²) in [5.41, 5.74) is 1.38. The van der Waals surface area contributed by atoms with E-state index in [1.807, 2.05) is 31.2 Å². The van der Waals surface area contributed by atoms with E-state index in [1.54, 1.807) is 36.4 Å². The molecule has 1 amide bonds. The number of aliphatic hydroxyl groups excluding tert-OH is 1. The van der Waals surface area contributed by atoms with Gasteiger partial charge in [-0.2, -0.15) is 0 Å². The van der Waals surface area contributed by atoms with Crippen LogP contribution in [0.25, 0.3) is 0 Å². The number of anilines is 1. The van der Waals surface area contributed by atoms with Crippen molar-refractivity contribution < 1.29 is 29.3 Å². The molecule has 0 fully saturated rings. The maximum atomic E-state index is 12.5. The van der Waals surface area contributed by atoms with Crippen molar-refractivity contribution in [1.29, 1.82) is 0 Å². The first-order valence-corrected chi connectivity index (χ1v) is 9.75. The Morgan fingerprint density at radius 2 is 1.90 bits per heavy atom. The molecule has 0 spiro atoms. The van der Waals surface area contributed by atoms with E-state index in [0.717, 1.165) is 11.6 Å². The second kappa shape index (κ2) is 12.3. The molecule has 0 aliphatic heterocycles. The van der Waals surface area contributed by atoms with E-state index in [2.05, 4.69) is 5.32 Å². The molecule has 0 heterocycles. The second-order valence-corrected chi connectivity index (χ2v) is 6.76. The smallest absolute Gasteiger partial charge is 0.412 e. The Morgan fingerprint density at radius 1 is 1.13 bits per heavy atom. The molecule has 0 aromatic heterocycles. The van der Waals surface area contributed by atoms with Crippen molar-refractivity contribution in [2.75, 3.05) is 18.5 Å². The first-order chi connectivity index (χ1) is 14.5. The predicted octanol–water partition coefficient (Wildman–Crippen LogP) is 4.40. The number of carboxylic acids is 1. The highest BCUT2D eigenvalue weighted by atomic mass is 16.6. The van der Waals surface area contributed by atoms with Crippen molar-refractivity contribution in [3.63, 3.8) is 0 Å². The number of carboxylic acid groups (broad SMARTS) is 1. The van der Waals surface area contributed by atoms with Gasteiger partial charge in [0.25, 0.3) is 0 Å². The molecule has 0 aliphatic carbocycles. The number of rotatable bonds is 11. The lowest BCUT2D eigenvalue weighted by molar-refractivity contribution is -0.131. The van der Waals surface area contributed by atoms with Crippen LogP contribution >= 0.6 is 0 Å². The Labute approximate surface area is 176 Å². The van der Waals surface area contributed by atoms with Crippen molar-refractivity contribution in [3.8, 4) is 5.75 Å². The summed E-state index contributed by atoms with van der Waals surface area (Å²) in [4.78, 5) is 23.1. The van der Waals surface area contributed by atoms with Gasteiger partial charge in [-0.05, 0) is 48.6 Å². The normalized spacial score (nSPS) is 12.9. The quantitative estimate of drug-likeness (QED) is 0.472. The molecule has 2 rings (SSSR count). The topological polar surface area (TPSA) is 105 Å². The first-order valence-electron chi connectivity index (χ1n) is 9.75. The summed E-state index contributed by atoms with van der Waals surface area (Å²) >= 11 is 0. The monoisotopic (exact) mass is 413 g/mol. The average Bonchev–Trinajstić information content (AvgIpc) is 2.74. The SMILES string of the molecule is C[C@H](CC/C=C/C(=O)O)[C@@H](OC(=O)Nc1ccccc1)c1cccc(OCCO)c1. The number of allylic oxidation sites excluding steroid dienone is 1. The molecule has 30 heavy (non-hydrogen) atoms. The summed E-state index contributed by atoms with van der Waals surface area (Å²) in [5.74, 6) is -0.513. The van der Waals surface area contributed by atoms with Crippen LogP contribution < -0.4 is 10.1 Å². The van der Waals surface area contributed by atoms with Gasteiger partial charge in [0, 0.05) is 11.8 Å². The summed E-state index contributed by atoms with van der Waals surface area (Å²) in [6.45, 7) is 2.01. The number of hydrogen-bond acceptors (Lipinski definition) is 5. The number of amides is 1. The number of nitrogens with one attached hydrogen (secondary N) is 1.